The molecule has 0 saturated heterocycles. The zero-order valence-corrected chi connectivity index (χ0v) is 13.8. The average Bonchev–Trinajstić information content (AvgIpc) is 2.81. The lowest BCUT2D eigenvalue weighted by molar-refractivity contribution is 0.413. The summed E-state index contributed by atoms with van der Waals surface area (Å²) >= 11 is 5.78. The van der Waals surface area contributed by atoms with Gasteiger partial charge in [0.1, 0.15) is 11.6 Å². The molecule has 1 aromatic heterocycles. The molecule has 1 heterocycles. The van der Waals surface area contributed by atoms with E-state index in [1.807, 2.05) is 36.4 Å². The van der Waals surface area contributed by atoms with Crippen LogP contribution in [-0.4, -0.2) is 17.1 Å². The van der Waals surface area contributed by atoms with E-state index in [1.54, 1.807) is 7.11 Å². The van der Waals surface area contributed by atoms with Gasteiger partial charge in [-0.05, 0) is 46.9 Å². The van der Waals surface area contributed by atoms with Crippen molar-refractivity contribution < 1.29 is 4.74 Å². The van der Waals surface area contributed by atoms with Gasteiger partial charge in [-0.15, -0.1) is 0 Å². The molecule has 0 unspecified atom stereocenters. The summed E-state index contributed by atoms with van der Waals surface area (Å²) in [6.07, 6.45) is 0. The van der Waals surface area contributed by atoms with E-state index >= 15 is 0 Å². The second-order valence-corrected chi connectivity index (χ2v) is 6.15. The van der Waals surface area contributed by atoms with Gasteiger partial charge in [-0.2, -0.15) is 0 Å². The number of benzene rings is 2. The molecular formula is C14H10BrIN2O. The molecule has 2 aromatic carbocycles. The standard InChI is InChI=1S/C14H10BrIN2O/c1-19-13-9(6-8(15)7-10(13)16)14-17-11-4-2-3-5-12(11)18-14/h2-7H,1H3,(H,17,18). The highest BCUT2D eigenvalue weighted by Gasteiger charge is 2.14. The Hall–Kier alpha value is -1.08. The summed E-state index contributed by atoms with van der Waals surface area (Å²) in [6.45, 7) is 0. The summed E-state index contributed by atoms with van der Waals surface area (Å²) in [5.41, 5.74) is 2.93. The largest absolute Gasteiger partial charge is 0.495 e. The molecule has 0 aliphatic heterocycles. The van der Waals surface area contributed by atoms with Gasteiger partial charge in [0.15, 0.2) is 0 Å². The second kappa shape index (κ2) is 5.13. The van der Waals surface area contributed by atoms with Crippen molar-refractivity contribution in [2.45, 2.75) is 0 Å². The Morgan fingerprint density at radius 1 is 1.26 bits per heavy atom. The van der Waals surface area contributed by atoms with Gasteiger partial charge in [-0.3, -0.25) is 0 Å². The SMILES string of the molecule is COc1c(I)cc(Br)cc1-c1nc2ccccc2[nH]1. The lowest BCUT2D eigenvalue weighted by Gasteiger charge is -2.09. The van der Waals surface area contributed by atoms with E-state index in [1.165, 1.54) is 0 Å². The Bertz CT molecular complexity index is 721. The minimum atomic E-state index is 0.817. The van der Waals surface area contributed by atoms with Gasteiger partial charge in [0, 0.05) is 4.47 Å². The monoisotopic (exact) mass is 428 g/mol. The zero-order chi connectivity index (χ0) is 13.4. The molecule has 96 valence electrons. The number of ether oxygens (including phenoxy) is 1. The van der Waals surface area contributed by atoms with Gasteiger partial charge in [-0.25, -0.2) is 4.98 Å². The number of hydrogen-bond acceptors (Lipinski definition) is 2. The van der Waals surface area contributed by atoms with Crippen LogP contribution in [0.25, 0.3) is 22.4 Å². The van der Waals surface area contributed by atoms with Gasteiger partial charge in [0.25, 0.3) is 0 Å². The maximum absolute atomic E-state index is 5.49. The number of halogens is 2. The number of para-hydroxylation sites is 2. The Labute approximate surface area is 132 Å². The zero-order valence-electron chi connectivity index (χ0n) is 10.1. The number of nitrogens with one attached hydrogen (secondary N) is 1. The second-order valence-electron chi connectivity index (χ2n) is 4.07. The lowest BCUT2D eigenvalue weighted by Crippen LogP contribution is -1.92. The van der Waals surface area contributed by atoms with E-state index in [0.717, 1.165) is 36.2 Å². The fraction of sp³-hybridized carbons (Fsp3) is 0.0714. The van der Waals surface area contributed by atoms with Gasteiger partial charge in [0.05, 0.1) is 27.3 Å². The van der Waals surface area contributed by atoms with Gasteiger partial charge >= 0.3 is 0 Å². The topological polar surface area (TPSA) is 37.9 Å². The normalized spacial score (nSPS) is 10.9. The number of hydrogen-bond donors (Lipinski definition) is 1. The number of imidazole rings is 1. The van der Waals surface area contributed by atoms with Crippen molar-refractivity contribution in [3.8, 4) is 17.1 Å². The van der Waals surface area contributed by atoms with Crippen LogP contribution in [0.5, 0.6) is 5.75 Å². The number of fused-ring (bicyclic) bond motifs is 1. The van der Waals surface area contributed by atoms with Gasteiger partial charge in [0.2, 0.25) is 0 Å². The van der Waals surface area contributed by atoms with E-state index in [4.69, 9.17) is 4.74 Å². The Morgan fingerprint density at radius 2 is 2.05 bits per heavy atom. The third kappa shape index (κ3) is 2.36. The Kier molecular flexibility index (Phi) is 3.49. The summed E-state index contributed by atoms with van der Waals surface area (Å²) in [7, 11) is 1.68. The summed E-state index contributed by atoms with van der Waals surface area (Å²) in [5.74, 6) is 1.65. The molecule has 0 radical (unpaired) electrons. The fourth-order valence-electron chi connectivity index (χ4n) is 2.02. The van der Waals surface area contributed by atoms with Crippen LogP contribution in [-0.2, 0) is 0 Å². The van der Waals surface area contributed by atoms with Crippen molar-refractivity contribution in [2.75, 3.05) is 7.11 Å². The molecule has 1 N–H and O–H groups in total. The first-order valence-electron chi connectivity index (χ1n) is 5.67. The van der Waals surface area contributed by atoms with Crippen molar-refractivity contribution >= 4 is 49.6 Å². The average molecular weight is 429 g/mol. The number of rotatable bonds is 2. The van der Waals surface area contributed by atoms with E-state index in [-0.39, 0.29) is 0 Å². The molecule has 3 nitrogen and oxygen atoms in total. The number of methoxy groups -OCH3 is 1. The number of nitrogens with zero attached hydrogens (tertiary/aromatic N) is 1. The Morgan fingerprint density at radius 3 is 2.79 bits per heavy atom. The molecule has 0 spiro atoms. The van der Waals surface area contributed by atoms with Crippen LogP contribution >= 0.6 is 38.5 Å². The highest BCUT2D eigenvalue weighted by atomic mass is 127. The van der Waals surface area contributed by atoms with Gasteiger partial charge < -0.3 is 9.72 Å². The molecule has 0 saturated carbocycles. The highest BCUT2D eigenvalue weighted by molar-refractivity contribution is 14.1. The van der Waals surface area contributed by atoms with Crippen molar-refractivity contribution in [1.82, 2.24) is 9.97 Å². The van der Waals surface area contributed by atoms with Crippen molar-refractivity contribution in [2.24, 2.45) is 0 Å². The van der Waals surface area contributed by atoms with Crippen molar-refractivity contribution in [3.05, 3.63) is 44.4 Å². The first-order chi connectivity index (χ1) is 9.19. The van der Waals surface area contributed by atoms with E-state index < -0.39 is 0 Å². The summed E-state index contributed by atoms with van der Waals surface area (Å²) in [5, 5.41) is 0. The molecular weight excluding hydrogens is 419 g/mol. The van der Waals surface area contributed by atoms with Gasteiger partial charge in [-0.1, -0.05) is 28.1 Å². The molecule has 0 aliphatic rings. The number of aromatic amines is 1. The minimum Gasteiger partial charge on any atom is -0.495 e. The molecule has 0 atom stereocenters. The van der Waals surface area contributed by atoms with Crippen LogP contribution in [0.2, 0.25) is 0 Å². The lowest BCUT2D eigenvalue weighted by atomic mass is 10.2. The maximum atomic E-state index is 5.49. The van der Waals surface area contributed by atoms with Crippen LogP contribution < -0.4 is 4.74 Å². The van der Waals surface area contributed by atoms with Crippen LogP contribution in [0.4, 0.5) is 0 Å². The molecule has 5 heteroatoms. The Balaban J connectivity index is 2.25. The predicted molar refractivity (Wildman–Crippen MR) is 88.5 cm³/mol. The maximum Gasteiger partial charge on any atom is 0.143 e. The molecule has 0 fully saturated rings. The minimum absolute atomic E-state index is 0.817. The molecule has 0 bridgehead atoms. The van der Waals surface area contributed by atoms with Crippen molar-refractivity contribution in [1.29, 1.82) is 0 Å². The highest BCUT2D eigenvalue weighted by Crippen LogP contribution is 2.36. The third-order valence-electron chi connectivity index (χ3n) is 2.86. The summed E-state index contributed by atoms with van der Waals surface area (Å²) in [4.78, 5) is 7.94. The van der Waals surface area contributed by atoms with Crippen LogP contribution in [0.3, 0.4) is 0 Å². The van der Waals surface area contributed by atoms with Crippen LogP contribution in [0.15, 0.2) is 40.9 Å². The molecule has 3 aromatic rings. The molecule has 19 heavy (non-hydrogen) atoms. The summed E-state index contributed by atoms with van der Waals surface area (Å²) < 4.78 is 7.55. The predicted octanol–water partition coefficient (Wildman–Crippen LogP) is 4.61. The van der Waals surface area contributed by atoms with Crippen LogP contribution in [0.1, 0.15) is 0 Å². The summed E-state index contributed by atoms with van der Waals surface area (Å²) in [6, 6.07) is 12.0. The van der Waals surface area contributed by atoms with Crippen LogP contribution in [0, 0.1) is 3.57 Å². The number of H-pyrrole nitrogens is 1. The van der Waals surface area contributed by atoms with Crippen molar-refractivity contribution in [3.63, 3.8) is 0 Å². The van der Waals surface area contributed by atoms with E-state index in [2.05, 4.69) is 48.5 Å². The third-order valence-corrected chi connectivity index (χ3v) is 4.12. The van der Waals surface area contributed by atoms with E-state index in [9.17, 15) is 0 Å². The number of aromatic nitrogens is 2. The molecule has 3 rings (SSSR count). The quantitative estimate of drug-likeness (QED) is 0.605. The smallest absolute Gasteiger partial charge is 0.143 e. The molecule has 0 amide bonds. The molecule has 0 aliphatic carbocycles. The fourth-order valence-corrected chi connectivity index (χ4v) is 3.76. The first kappa shape index (κ1) is 12.9. The first-order valence-corrected chi connectivity index (χ1v) is 7.54. The van der Waals surface area contributed by atoms with E-state index in [0.29, 0.717) is 0 Å².